The van der Waals surface area contributed by atoms with Crippen LogP contribution in [0, 0.1) is 34.6 Å². The number of carbonyl (C=O) groups is 1. The number of carbonyl (C=O) groups excluding carboxylic acids is 1. The van der Waals surface area contributed by atoms with Crippen LogP contribution in [-0.4, -0.2) is 21.5 Å². The van der Waals surface area contributed by atoms with Crippen LogP contribution >= 0.6 is 12.2 Å². The third-order valence-corrected chi connectivity index (χ3v) is 5.96. The van der Waals surface area contributed by atoms with Crippen molar-refractivity contribution in [1.82, 2.24) is 4.98 Å². The van der Waals surface area contributed by atoms with E-state index in [1.165, 1.54) is 6.92 Å². The number of anilines is 1. The van der Waals surface area contributed by atoms with Gasteiger partial charge in [0.1, 0.15) is 22.9 Å². The molecule has 0 saturated carbocycles. The van der Waals surface area contributed by atoms with Gasteiger partial charge in [-0.15, -0.1) is 0 Å². The topological polar surface area (TPSA) is 60.5 Å². The van der Waals surface area contributed by atoms with Crippen molar-refractivity contribution in [3.05, 3.63) is 45.6 Å². The summed E-state index contributed by atoms with van der Waals surface area (Å²) in [6, 6.07) is 4.03. The molecule has 1 N–H and O–H groups in total. The predicted molar refractivity (Wildman–Crippen MR) is 124 cm³/mol. The Kier molecular flexibility index (Phi) is 6.18. The van der Waals surface area contributed by atoms with Crippen molar-refractivity contribution in [2.24, 2.45) is 0 Å². The van der Waals surface area contributed by atoms with Crippen LogP contribution in [0.3, 0.4) is 0 Å². The molecule has 1 aromatic heterocycles. The van der Waals surface area contributed by atoms with Crippen LogP contribution in [0.1, 0.15) is 60.2 Å². The van der Waals surface area contributed by atoms with Gasteiger partial charge in [0.2, 0.25) is 0 Å². The van der Waals surface area contributed by atoms with Crippen molar-refractivity contribution in [3.8, 4) is 11.5 Å². The fourth-order valence-corrected chi connectivity index (χ4v) is 4.54. The fraction of sp³-hybridized carbons (Fsp3) is 0.458. The molecule has 2 aromatic rings. The number of hydrogen-bond acceptors (Lipinski definition) is 5. The minimum atomic E-state index is -0.414. The SMILES string of the molecule is CC(=O)Oc1c(C)c(C)c2c(c1C)CCC(C)(CC(=S)Nc1cc(C)cc(C)n1)O2. The molecule has 2 heterocycles. The molecule has 1 atom stereocenters. The van der Waals surface area contributed by atoms with Crippen molar-refractivity contribution in [2.45, 2.75) is 73.3 Å². The number of esters is 1. The lowest BCUT2D eigenvalue weighted by Crippen LogP contribution is -2.40. The second-order valence-electron chi connectivity index (χ2n) is 8.55. The maximum atomic E-state index is 11.5. The van der Waals surface area contributed by atoms with E-state index < -0.39 is 5.60 Å². The van der Waals surface area contributed by atoms with Gasteiger partial charge in [-0.1, -0.05) is 12.2 Å². The van der Waals surface area contributed by atoms with Gasteiger partial charge in [-0.3, -0.25) is 4.79 Å². The van der Waals surface area contributed by atoms with Gasteiger partial charge in [-0.2, -0.15) is 0 Å². The van der Waals surface area contributed by atoms with Gasteiger partial charge in [0.25, 0.3) is 0 Å². The summed E-state index contributed by atoms with van der Waals surface area (Å²) in [6.45, 7) is 13.5. The number of thiocarbonyl (C=S) groups is 1. The number of nitrogens with zero attached hydrogens (tertiary/aromatic N) is 1. The average molecular weight is 427 g/mol. The maximum absolute atomic E-state index is 11.5. The summed E-state index contributed by atoms with van der Waals surface area (Å²) in [5, 5.41) is 3.27. The van der Waals surface area contributed by atoms with Gasteiger partial charge in [-0.25, -0.2) is 4.98 Å². The smallest absolute Gasteiger partial charge is 0.308 e. The number of nitrogens with one attached hydrogen (secondary N) is 1. The lowest BCUT2D eigenvalue weighted by Gasteiger charge is -2.38. The molecule has 30 heavy (non-hydrogen) atoms. The van der Waals surface area contributed by atoms with E-state index in [0.717, 1.165) is 57.9 Å². The molecule has 1 aliphatic rings. The van der Waals surface area contributed by atoms with Gasteiger partial charge in [0.15, 0.2) is 0 Å². The standard InChI is InChI=1S/C24H30N2O3S/c1-13-10-14(2)25-20(11-13)26-21(30)12-24(7)9-8-19-17(5)22(28-18(6)27)15(3)16(4)23(19)29-24/h10-11H,8-9,12H2,1-7H3,(H,25,26,30). The van der Waals surface area contributed by atoms with E-state index >= 15 is 0 Å². The Morgan fingerprint density at radius 1 is 1.20 bits per heavy atom. The first kappa shape index (κ1) is 22.2. The number of hydrogen-bond donors (Lipinski definition) is 1. The van der Waals surface area contributed by atoms with Crippen molar-refractivity contribution in [1.29, 1.82) is 0 Å². The van der Waals surface area contributed by atoms with Crippen LogP contribution in [0.4, 0.5) is 5.82 Å². The van der Waals surface area contributed by atoms with Crippen LogP contribution < -0.4 is 14.8 Å². The maximum Gasteiger partial charge on any atom is 0.308 e. The number of rotatable bonds is 4. The molecule has 0 fully saturated rings. The van der Waals surface area contributed by atoms with E-state index in [-0.39, 0.29) is 5.97 Å². The molecule has 6 heteroatoms. The lowest BCUT2D eigenvalue weighted by molar-refractivity contribution is -0.132. The van der Waals surface area contributed by atoms with Crippen molar-refractivity contribution >= 4 is 29.0 Å². The van der Waals surface area contributed by atoms with Crippen molar-refractivity contribution < 1.29 is 14.3 Å². The molecule has 0 saturated heterocycles. The highest BCUT2D eigenvalue weighted by Gasteiger charge is 2.36. The summed E-state index contributed by atoms with van der Waals surface area (Å²) in [4.78, 5) is 16.8. The molecule has 1 aliphatic heterocycles. The Bertz CT molecular complexity index is 1010. The Hall–Kier alpha value is -2.47. The van der Waals surface area contributed by atoms with E-state index in [1.807, 2.05) is 46.8 Å². The molecule has 0 amide bonds. The Morgan fingerprint density at radius 2 is 1.90 bits per heavy atom. The van der Waals surface area contributed by atoms with Crippen LogP contribution in [0.5, 0.6) is 11.5 Å². The number of fused-ring (bicyclic) bond motifs is 1. The van der Waals surface area contributed by atoms with Gasteiger partial charge < -0.3 is 14.8 Å². The Morgan fingerprint density at radius 3 is 2.53 bits per heavy atom. The quantitative estimate of drug-likeness (QED) is 0.398. The Balaban J connectivity index is 1.82. The number of ether oxygens (including phenoxy) is 2. The molecule has 1 aromatic carbocycles. The third kappa shape index (κ3) is 4.64. The summed E-state index contributed by atoms with van der Waals surface area (Å²) >= 11 is 5.64. The largest absolute Gasteiger partial charge is 0.487 e. The van der Waals surface area contributed by atoms with Crippen LogP contribution in [0.15, 0.2) is 12.1 Å². The fourth-order valence-electron chi connectivity index (χ4n) is 4.13. The lowest BCUT2D eigenvalue weighted by atomic mass is 9.85. The van der Waals surface area contributed by atoms with Crippen LogP contribution in [-0.2, 0) is 11.2 Å². The number of aryl methyl sites for hydroxylation is 2. The van der Waals surface area contributed by atoms with E-state index in [4.69, 9.17) is 21.7 Å². The Labute approximate surface area is 184 Å². The molecule has 160 valence electrons. The zero-order valence-corrected chi connectivity index (χ0v) is 19.7. The van der Waals surface area contributed by atoms with E-state index in [2.05, 4.69) is 17.2 Å². The first-order chi connectivity index (χ1) is 14.0. The second-order valence-corrected chi connectivity index (χ2v) is 9.05. The van der Waals surface area contributed by atoms with Crippen LogP contribution in [0.25, 0.3) is 0 Å². The average Bonchev–Trinajstić information content (AvgIpc) is 2.61. The molecule has 0 aliphatic carbocycles. The molecule has 0 spiro atoms. The minimum absolute atomic E-state index is 0.307. The van der Waals surface area contributed by atoms with E-state index in [0.29, 0.717) is 17.2 Å². The summed E-state index contributed by atoms with van der Waals surface area (Å²) in [6.07, 6.45) is 2.27. The highest BCUT2D eigenvalue weighted by molar-refractivity contribution is 7.80. The molecule has 0 bridgehead atoms. The third-order valence-electron chi connectivity index (χ3n) is 5.71. The van der Waals surface area contributed by atoms with Crippen molar-refractivity contribution in [2.75, 3.05) is 5.32 Å². The number of benzene rings is 1. The summed E-state index contributed by atoms with van der Waals surface area (Å²) in [7, 11) is 0. The molecular formula is C24H30N2O3S. The summed E-state index contributed by atoms with van der Waals surface area (Å²) in [5.41, 5.74) is 5.72. The summed E-state index contributed by atoms with van der Waals surface area (Å²) < 4.78 is 12.0. The van der Waals surface area contributed by atoms with Gasteiger partial charge in [-0.05, 0) is 88.8 Å². The second kappa shape index (κ2) is 8.34. The van der Waals surface area contributed by atoms with Crippen molar-refractivity contribution in [3.63, 3.8) is 0 Å². The first-order valence-electron chi connectivity index (χ1n) is 10.2. The molecule has 5 nitrogen and oxygen atoms in total. The zero-order chi connectivity index (χ0) is 22.2. The molecule has 1 unspecified atom stereocenters. The first-order valence-corrected chi connectivity index (χ1v) is 10.6. The summed E-state index contributed by atoms with van der Waals surface area (Å²) in [5.74, 6) is 2.01. The minimum Gasteiger partial charge on any atom is -0.487 e. The zero-order valence-electron chi connectivity index (χ0n) is 18.9. The normalized spacial score (nSPS) is 17.7. The molecule has 0 radical (unpaired) electrons. The van der Waals surface area contributed by atoms with E-state index in [1.54, 1.807) is 0 Å². The van der Waals surface area contributed by atoms with Gasteiger partial charge >= 0.3 is 5.97 Å². The monoisotopic (exact) mass is 426 g/mol. The van der Waals surface area contributed by atoms with Crippen LogP contribution in [0.2, 0.25) is 0 Å². The number of pyridine rings is 1. The molecular weight excluding hydrogens is 396 g/mol. The predicted octanol–water partition coefficient (Wildman–Crippen LogP) is 5.46. The highest BCUT2D eigenvalue weighted by Crippen LogP contribution is 2.44. The number of aromatic nitrogens is 1. The van der Waals surface area contributed by atoms with Gasteiger partial charge in [0.05, 0.1) is 4.99 Å². The van der Waals surface area contributed by atoms with Gasteiger partial charge in [0, 0.05) is 24.6 Å². The molecule has 3 rings (SSSR count). The van der Waals surface area contributed by atoms with E-state index in [9.17, 15) is 4.79 Å². The highest BCUT2D eigenvalue weighted by atomic mass is 32.1.